The van der Waals surface area contributed by atoms with Crippen LogP contribution in [0.15, 0.2) is 53.7 Å². The molecule has 2 heterocycles. The third-order valence-electron chi connectivity index (χ3n) is 10.9. The molecule has 0 spiro atoms. The Morgan fingerprint density at radius 1 is 1.06 bits per heavy atom. The molecule has 0 aromatic heterocycles. The zero-order valence-corrected chi connectivity index (χ0v) is 31.3. The molecule has 3 unspecified atom stereocenters. The van der Waals surface area contributed by atoms with Gasteiger partial charge in [0.15, 0.2) is 0 Å². The second-order valence-corrected chi connectivity index (χ2v) is 17.8. The van der Waals surface area contributed by atoms with Gasteiger partial charge in [-0.2, -0.15) is 0 Å². The number of rotatable bonds is 6. The number of benzene rings is 2. The molecule has 13 nitrogen and oxygen atoms in total. The molecular formula is C39H47N5O8S. The van der Waals surface area contributed by atoms with Crippen LogP contribution in [0.5, 0.6) is 0 Å². The van der Waals surface area contributed by atoms with Gasteiger partial charge in [-0.1, -0.05) is 87.8 Å². The van der Waals surface area contributed by atoms with Crippen molar-refractivity contribution in [2.45, 2.75) is 102 Å². The van der Waals surface area contributed by atoms with Crippen molar-refractivity contribution < 1.29 is 37.2 Å². The Kier molecular flexibility index (Phi) is 9.62. The first-order valence-electron chi connectivity index (χ1n) is 18.5. The summed E-state index contributed by atoms with van der Waals surface area (Å²) in [5.74, 6) is -2.18. The summed E-state index contributed by atoms with van der Waals surface area (Å²) in [5, 5.41) is 9.66. The highest BCUT2D eigenvalue weighted by Crippen LogP contribution is 2.47. The van der Waals surface area contributed by atoms with Crippen molar-refractivity contribution in [1.29, 1.82) is 0 Å². The SMILES string of the molecule is CC[C@@H]1CC1(NC(=O)C1CC2CN1C(=O)[C@H](C(C)(C)C)NC(=O)OCCC/C=C/c1ccc3c(c1)/C(=N/O2)c1ccccc1-3)C(=O)NS(=O)(=O)C1CC1. The van der Waals surface area contributed by atoms with E-state index >= 15 is 0 Å². The first-order valence-corrected chi connectivity index (χ1v) is 20.0. The molecular weight excluding hydrogens is 699 g/mol. The van der Waals surface area contributed by atoms with E-state index in [1.165, 1.54) is 4.90 Å². The molecule has 282 valence electrons. The molecule has 2 aliphatic heterocycles. The molecule has 5 atom stereocenters. The Morgan fingerprint density at radius 3 is 2.49 bits per heavy atom. The summed E-state index contributed by atoms with van der Waals surface area (Å²) in [6, 6.07) is 11.9. The van der Waals surface area contributed by atoms with E-state index in [1.54, 1.807) is 20.8 Å². The van der Waals surface area contributed by atoms with E-state index in [-0.39, 0.29) is 31.9 Å². The van der Waals surface area contributed by atoms with Crippen molar-refractivity contribution in [2.75, 3.05) is 13.2 Å². The fourth-order valence-electron chi connectivity index (χ4n) is 7.61. The minimum atomic E-state index is -3.86. The van der Waals surface area contributed by atoms with E-state index in [0.29, 0.717) is 37.8 Å². The Morgan fingerprint density at radius 2 is 1.79 bits per heavy atom. The summed E-state index contributed by atoms with van der Waals surface area (Å²) in [6.45, 7) is 7.40. The van der Waals surface area contributed by atoms with Gasteiger partial charge in [0.25, 0.3) is 5.91 Å². The van der Waals surface area contributed by atoms with Gasteiger partial charge in [0.1, 0.15) is 29.4 Å². The topological polar surface area (TPSA) is 173 Å². The van der Waals surface area contributed by atoms with Gasteiger partial charge >= 0.3 is 6.09 Å². The van der Waals surface area contributed by atoms with Crippen molar-refractivity contribution in [3.63, 3.8) is 0 Å². The summed E-state index contributed by atoms with van der Waals surface area (Å²) in [7, 11) is -3.86. The molecule has 2 aromatic rings. The molecule has 3 fully saturated rings. The molecule has 2 aromatic carbocycles. The van der Waals surface area contributed by atoms with Crippen LogP contribution in [0.3, 0.4) is 0 Å². The largest absolute Gasteiger partial charge is 0.450 e. The van der Waals surface area contributed by atoms with Crippen LogP contribution in [-0.4, -0.2) is 85.0 Å². The monoisotopic (exact) mass is 745 g/mol. The minimum absolute atomic E-state index is 0.0270. The smallest absolute Gasteiger partial charge is 0.407 e. The lowest BCUT2D eigenvalue weighted by atomic mass is 9.85. The van der Waals surface area contributed by atoms with Gasteiger partial charge in [0.05, 0.1) is 18.4 Å². The van der Waals surface area contributed by atoms with Gasteiger partial charge in [-0.05, 0) is 66.2 Å². The van der Waals surface area contributed by atoms with Crippen molar-refractivity contribution in [3.05, 3.63) is 65.2 Å². The normalized spacial score (nSPS) is 28.8. The Labute approximate surface area is 310 Å². The molecule has 3 aliphatic carbocycles. The Bertz CT molecular complexity index is 2000. The molecule has 2 saturated carbocycles. The lowest BCUT2D eigenvalue weighted by Gasteiger charge is -2.35. The van der Waals surface area contributed by atoms with E-state index in [2.05, 4.69) is 32.6 Å². The van der Waals surface area contributed by atoms with Crippen molar-refractivity contribution in [3.8, 4) is 11.1 Å². The number of allylic oxidation sites excluding steroid dienone is 1. The van der Waals surface area contributed by atoms with E-state index in [4.69, 9.17) is 9.57 Å². The van der Waals surface area contributed by atoms with E-state index in [1.807, 2.05) is 49.4 Å². The van der Waals surface area contributed by atoms with Gasteiger partial charge < -0.3 is 25.1 Å². The maximum absolute atomic E-state index is 14.5. The highest BCUT2D eigenvalue weighted by atomic mass is 32.2. The van der Waals surface area contributed by atoms with Crippen molar-refractivity contribution >= 4 is 45.6 Å². The first-order chi connectivity index (χ1) is 25.2. The van der Waals surface area contributed by atoms with Crippen LogP contribution in [0.1, 0.15) is 89.3 Å². The van der Waals surface area contributed by atoms with Crippen LogP contribution in [0.25, 0.3) is 17.2 Å². The third-order valence-corrected chi connectivity index (χ3v) is 12.7. The Hall–Kier alpha value is -4.72. The average Bonchev–Trinajstić information content (AvgIpc) is 4.03. The van der Waals surface area contributed by atoms with Gasteiger partial charge in [-0.25, -0.2) is 13.2 Å². The summed E-state index contributed by atoms with van der Waals surface area (Å²) in [6.07, 6.45) is 5.60. The van der Waals surface area contributed by atoms with Gasteiger partial charge in [0, 0.05) is 17.5 Å². The molecule has 4 bridgehead atoms. The van der Waals surface area contributed by atoms with Gasteiger partial charge in [-0.3, -0.25) is 19.1 Å². The number of ether oxygens (including phenoxy) is 1. The predicted octanol–water partition coefficient (Wildman–Crippen LogP) is 4.25. The van der Waals surface area contributed by atoms with Crippen LogP contribution in [0.2, 0.25) is 0 Å². The van der Waals surface area contributed by atoms with Crippen LogP contribution in [-0.2, 0) is 34.0 Å². The predicted molar refractivity (Wildman–Crippen MR) is 198 cm³/mol. The second-order valence-electron chi connectivity index (χ2n) is 15.8. The number of hydrogen-bond donors (Lipinski definition) is 3. The number of oxime groups is 1. The number of nitrogens with zero attached hydrogens (tertiary/aromatic N) is 2. The number of alkyl carbamates (subject to hydrolysis) is 1. The molecule has 4 amide bonds. The molecule has 5 aliphatic rings. The van der Waals surface area contributed by atoms with Crippen LogP contribution < -0.4 is 15.4 Å². The summed E-state index contributed by atoms with van der Waals surface area (Å²) in [4.78, 5) is 62.9. The maximum atomic E-state index is 14.5. The van der Waals surface area contributed by atoms with Crippen molar-refractivity contribution in [2.24, 2.45) is 16.5 Å². The van der Waals surface area contributed by atoms with Gasteiger partial charge in [0.2, 0.25) is 21.8 Å². The fourth-order valence-corrected chi connectivity index (χ4v) is 8.98. The number of nitrogens with one attached hydrogen (secondary N) is 3. The lowest BCUT2D eigenvalue weighted by molar-refractivity contribution is -0.143. The molecule has 14 heteroatoms. The van der Waals surface area contributed by atoms with E-state index < -0.39 is 68.2 Å². The molecule has 3 N–H and O–H groups in total. The molecule has 1 saturated heterocycles. The number of carbonyl (C=O) groups is 4. The first kappa shape index (κ1) is 36.6. The zero-order chi connectivity index (χ0) is 37.7. The lowest BCUT2D eigenvalue weighted by Crippen LogP contribution is -2.60. The number of hydrogen-bond acceptors (Lipinski definition) is 9. The number of carbonyl (C=O) groups excluding carboxylic acids is 4. The number of amides is 4. The van der Waals surface area contributed by atoms with Crippen LogP contribution >= 0.6 is 0 Å². The number of sulfonamides is 1. The van der Waals surface area contributed by atoms with E-state index in [9.17, 15) is 27.6 Å². The number of fused-ring (bicyclic) bond motifs is 6. The quantitative estimate of drug-likeness (QED) is 0.336. The highest BCUT2D eigenvalue weighted by molar-refractivity contribution is 7.91. The summed E-state index contributed by atoms with van der Waals surface area (Å²) >= 11 is 0. The Balaban J connectivity index is 1.22. The third kappa shape index (κ3) is 7.29. The van der Waals surface area contributed by atoms with Crippen LogP contribution in [0, 0.1) is 11.3 Å². The van der Waals surface area contributed by atoms with Gasteiger partial charge in [-0.15, -0.1) is 0 Å². The van der Waals surface area contributed by atoms with E-state index in [0.717, 1.165) is 27.8 Å². The molecule has 53 heavy (non-hydrogen) atoms. The number of cyclic esters (lactones) is 1. The summed E-state index contributed by atoms with van der Waals surface area (Å²) < 4.78 is 33.1. The molecule has 7 rings (SSSR count). The average molecular weight is 746 g/mol. The second kappa shape index (κ2) is 13.9. The maximum Gasteiger partial charge on any atom is 0.407 e. The van der Waals surface area contributed by atoms with Crippen molar-refractivity contribution in [1.82, 2.24) is 20.3 Å². The summed E-state index contributed by atoms with van der Waals surface area (Å²) in [5.41, 5.74) is 3.22. The molecule has 0 radical (unpaired) electrons. The van der Waals surface area contributed by atoms with Crippen LogP contribution in [0.4, 0.5) is 4.79 Å². The minimum Gasteiger partial charge on any atom is -0.450 e. The standard InChI is InChI=1S/C39H47N5O8S/c1-5-24-21-39(24,36(47)43-53(49,50)26-15-16-26)41-34(45)31-20-25-22-44(31)35(46)33(38(2,3)4)40-37(48)51-18-10-6-7-11-23-14-17-28-27-12-8-9-13-29(27)32(42-52-25)30(28)19-23/h7-9,11-14,17,19,24-26,31,33H,5-6,10,15-16,18,20-22H2,1-4H3,(H,40,48)(H,41,45)(H,43,47)/b11-7+,42-32+/t24-,25?,31?,33-,39?/m1/s1. The fraction of sp³-hybridized carbons (Fsp3) is 0.513. The highest BCUT2D eigenvalue weighted by Gasteiger charge is 2.62. The zero-order valence-electron chi connectivity index (χ0n) is 30.5.